The van der Waals surface area contributed by atoms with Gasteiger partial charge < -0.3 is 14.6 Å². The highest BCUT2D eigenvalue weighted by Crippen LogP contribution is 2.29. The number of halogens is 1. The summed E-state index contributed by atoms with van der Waals surface area (Å²) in [5.41, 5.74) is 0.653. The zero-order valence-corrected chi connectivity index (χ0v) is 10.5. The molecule has 0 saturated carbocycles. The minimum atomic E-state index is -0.985. The molecular formula is C12H15ClO4. The molecule has 0 radical (unpaired) electrons. The van der Waals surface area contributed by atoms with Gasteiger partial charge in [0.1, 0.15) is 0 Å². The summed E-state index contributed by atoms with van der Waals surface area (Å²) in [5, 5.41) is 9.73. The number of hydrogen-bond donors (Lipinski definition) is 1. The van der Waals surface area contributed by atoms with Crippen LogP contribution in [0.25, 0.3) is 0 Å². The first-order valence-corrected chi connectivity index (χ1v) is 5.57. The molecule has 0 saturated heterocycles. The van der Waals surface area contributed by atoms with Crippen molar-refractivity contribution in [2.24, 2.45) is 0 Å². The van der Waals surface area contributed by atoms with E-state index in [1.807, 2.05) is 0 Å². The first-order chi connectivity index (χ1) is 8.04. The number of ether oxygens (including phenoxy) is 2. The van der Waals surface area contributed by atoms with Gasteiger partial charge in [0.15, 0.2) is 6.29 Å². The van der Waals surface area contributed by atoms with E-state index in [4.69, 9.17) is 16.3 Å². The Kier molecular flexibility index (Phi) is 5.41. The Hall–Kier alpha value is -1.10. The highest BCUT2D eigenvalue weighted by Gasteiger charge is 2.21. The van der Waals surface area contributed by atoms with Crippen molar-refractivity contribution in [3.63, 3.8) is 0 Å². The number of hydrogen-bond acceptors (Lipinski definition) is 4. The molecule has 2 atom stereocenters. The average Bonchev–Trinajstić information content (AvgIpc) is 2.28. The summed E-state index contributed by atoms with van der Waals surface area (Å²) in [4.78, 5) is 11.3. The SMILES string of the molecule is COC(=O)CC(OC(C)O)c1ccccc1Cl. The van der Waals surface area contributed by atoms with Gasteiger partial charge in [-0.25, -0.2) is 0 Å². The Bertz CT molecular complexity index is 379. The quantitative estimate of drug-likeness (QED) is 0.650. The number of rotatable bonds is 5. The van der Waals surface area contributed by atoms with Crippen LogP contribution in [0.3, 0.4) is 0 Å². The maximum absolute atomic E-state index is 11.3. The van der Waals surface area contributed by atoms with Crippen LogP contribution in [0.4, 0.5) is 0 Å². The van der Waals surface area contributed by atoms with Crippen molar-refractivity contribution in [2.45, 2.75) is 25.7 Å². The first kappa shape index (κ1) is 14.0. The van der Waals surface area contributed by atoms with Crippen molar-refractivity contribution in [3.05, 3.63) is 34.9 Å². The highest BCUT2D eigenvalue weighted by atomic mass is 35.5. The molecule has 1 rings (SSSR count). The second-order valence-corrected chi connectivity index (χ2v) is 3.93. The predicted octanol–water partition coefficient (Wildman–Crippen LogP) is 2.30. The van der Waals surface area contributed by atoms with E-state index in [-0.39, 0.29) is 6.42 Å². The van der Waals surface area contributed by atoms with E-state index in [0.717, 1.165) is 0 Å². The van der Waals surface area contributed by atoms with Crippen LogP contribution < -0.4 is 0 Å². The van der Waals surface area contributed by atoms with E-state index in [0.29, 0.717) is 10.6 Å². The van der Waals surface area contributed by atoms with Crippen LogP contribution in [0.15, 0.2) is 24.3 Å². The molecular weight excluding hydrogens is 244 g/mol. The van der Waals surface area contributed by atoms with Gasteiger partial charge in [0, 0.05) is 10.6 Å². The lowest BCUT2D eigenvalue weighted by Gasteiger charge is -2.20. The second-order valence-electron chi connectivity index (χ2n) is 3.53. The zero-order chi connectivity index (χ0) is 12.8. The van der Waals surface area contributed by atoms with Gasteiger partial charge in [-0.1, -0.05) is 29.8 Å². The zero-order valence-electron chi connectivity index (χ0n) is 9.72. The maximum Gasteiger partial charge on any atom is 0.308 e. The summed E-state index contributed by atoms with van der Waals surface area (Å²) in [5.74, 6) is -0.421. The van der Waals surface area contributed by atoms with Gasteiger partial charge in [-0.3, -0.25) is 4.79 Å². The lowest BCUT2D eigenvalue weighted by atomic mass is 10.1. The molecule has 1 aromatic carbocycles. The highest BCUT2D eigenvalue weighted by molar-refractivity contribution is 6.31. The van der Waals surface area contributed by atoms with Crippen molar-refractivity contribution in [2.75, 3.05) is 7.11 Å². The van der Waals surface area contributed by atoms with E-state index >= 15 is 0 Å². The van der Waals surface area contributed by atoms with Gasteiger partial charge in [0.2, 0.25) is 0 Å². The normalized spacial score (nSPS) is 14.1. The molecule has 0 spiro atoms. The maximum atomic E-state index is 11.3. The minimum absolute atomic E-state index is 0.00509. The predicted molar refractivity (Wildman–Crippen MR) is 63.6 cm³/mol. The van der Waals surface area contributed by atoms with E-state index in [1.54, 1.807) is 24.3 Å². The number of methoxy groups -OCH3 is 1. The summed E-state index contributed by atoms with van der Waals surface area (Å²) in [6, 6.07) is 7.02. The molecule has 0 aromatic heterocycles. The molecule has 0 heterocycles. The van der Waals surface area contributed by atoms with Gasteiger partial charge in [0.05, 0.1) is 19.6 Å². The Balaban J connectivity index is 2.89. The third kappa shape index (κ3) is 4.34. The summed E-state index contributed by atoms with van der Waals surface area (Å²) in [6.45, 7) is 1.47. The second kappa shape index (κ2) is 6.59. The Morgan fingerprint density at radius 2 is 2.12 bits per heavy atom. The fourth-order valence-electron chi connectivity index (χ4n) is 1.44. The standard InChI is InChI=1S/C12H15ClO4/c1-8(14)17-11(7-12(15)16-2)9-5-3-4-6-10(9)13/h3-6,8,11,14H,7H2,1-2H3. The molecule has 0 bridgehead atoms. The van der Waals surface area contributed by atoms with Crippen molar-refractivity contribution in [3.8, 4) is 0 Å². The molecule has 1 N–H and O–H groups in total. The average molecular weight is 259 g/mol. The number of aliphatic hydroxyl groups excluding tert-OH is 1. The minimum Gasteiger partial charge on any atom is -0.469 e. The Morgan fingerprint density at radius 3 is 2.65 bits per heavy atom. The molecule has 0 fully saturated rings. The topological polar surface area (TPSA) is 55.8 Å². The monoisotopic (exact) mass is 258 g/mol. The van der Waals surface area contributed by atoms with Gasteiger partial charge in [-0.2, -0.15) is 0 Å². The Labute approximate surface area is 105 Å². The van der Waals surface area contributed by atoms with Crippen molar-refractivity contribution < 1.29 is 19.4 Å². The lowest BCUT2D eigenvalue weighted by Crippen LogP contribution is -2.17. The molecule has 0 aliphatic rings. The summed E-state index contributed by atoms with van der Waals surface area (Å²) in [6.07, 6.45) is -1.59. The number of esters is 1. The number of carbonyl (C=O) groups is 1. The number of benzene rings is 1. The van der Waals surface area contributed by atoms with Gasteiger partial charge >= 0.3 is 5.97 Å². The van der Waals surface area contributed by atoms with Gasteiger partial charge in [0.25, 0.3) is 0 Å². The van der Waals surface area contributed by atoms with E-state index in [2.05, 4.69) is 4.74 Å². The van der Waals surface area contributed by atoms with Crippen LogP contribution >= 0.6 is 11.6 Å². The van der Waals surface area contributed by atoms with Crippen LogP contribution in [-0.4, -0.2) is 24.5 Å². The van der Waals surface area contributed by atoms with Crippen LogP contribution in [0.5, 0.6) is 0 Å². The summed E-state index contributed by atoms with van der Waals surface area (Å²) in [7, 11) is 1.30. The fourth-order valence-corrected chi connectivity index (χ4v) is 1.70. The molecule has 5 heteroatoms. The molecule has 1 aromatic rings. The summed E-state index contributed by atoms with van der Waals surface area (Å²) < 4.78 is 9.84. The molecule has 94 valence electrons. The van der Waals surface area contributed by atoms with Crippen LogP contribution in [-0.2, 0) is 14.3 Å². The van der Waals surface area contributed by atoms with Crippen LogP contribution in [0, 0.1) is 0 Å². The van der Waals surface area contributed by atoms with Crippen LogP contribution in [0.2, 0.25) is 5.02 Å². The van der Waals surface area contributed by atoms with E-state index < -0.39 is 18.4 Å². The van der Waals surface area contributed by atoms with Gasteiger partial charge in [-0.05, 0) is 13.0 Å². The van der Waals surface area contributed by atoms with Crippen molar-refractivity contribution >= 4 is 17.6 Å². The fraction of sp³-hybridized carbons (Fsp3) is 0.417. The molecule has 2 unspecified atom stereocenters. The smallest absolute Gasteiger partial charge is 0.308 e. The van der Waals surface area contributed by atoms with Crippen molar-refractivity contribution in [1.82, 2.24) is 0 Å². The number of aliphatic hydroxyl groups is 1. The van der Waals surface area contributed by atoms with E-state index in [9.17, 15) is 9.90 Å². The van der Waals surface area contributed by atoms with Crippen LogP contribution in [0.1, 0.15) is 25.0 Å². The first-order valence-electron chi connectivity index (χ1n) is 5.19. The molecule has 4 nitrogen and oxygen atoms in total. The third-order valence-corrected chi connectivity index (χ3v) is 2.54. The molecule has 17 heavy (non-hydrogen) atoms. The largest absolute Gasteiger partial charge is 0.469 e. The molecule has 0 aliphatic carbocycles. The van der Waals surface area contributed by atoms with E-state index in [1.165, 1.54) is 14.0 Å². The Morgan fingerprint density at radius 1 is 1.47 bits per heavy atom. The third-order valence-electron chi connectivity index (χ3n) is 2.19. The molecule has 0 aliphatic heterocycles. The van der Waals surface area contributed by atoms with Gasteiger partial charge in [-0.15, -0.1) is 0 Å². The summed E-state index contributed by atoms with van der Waals surface area (Å²) >= 11 is 6.02. The molecule has 0 amide bonds. The number of carbonyl (C=O) groups excluding carboxylic acids is 1. The van der Waals surface area contributed by atoms with Crippen molar-refractivity contribution in [1.29, 1.82) is 0 Å². The lowest BCUT2D eigenvalue weighted by molar-refractivity contribution is -0.155.